The molecule has 1 aliphatic rings. The van der Waals surface area contributed by atoms with Crippen LogP contribution in [0.25, 0.3) is 0 Å². The first-order valence-electron chi connectivity index (χ1n) is 6.73. The number of piperazine rings is 1. The van der Waals surface area contributed by atoms with E-state index >= 15 is 0 Å². The first-order chi connectivity index (χ1) is 8.99. The molecule has 1 saturated heterocycles. The van der Waals surface area contributed by atoms with Gasteiger partial charge in [-0.1, -0.05) is 11.6 Å². The average Bonchev–Trinajstić information content (AvgIpc) is 2.41. The van der Waals surface area contributed by atoms with Crippen LogP contribution in [0.3, 0.4) is 0 Å². The van der Waals surface area contributed by atoms with Crippen LogP contribution in [0.5, 0.6) is 0 Å². The fourth-order valence-electron chi connectivity index (χ4n) is 2.45. The summed E-state index contributed by atoms with van der Waals surface area (Å²) in [5.74, 6) is 0.174. The van der Waals surface area contributed by atoms with Gasteiger partial charge in [0.2, 0.25) is 0 Å². The molecule has 0 aliphatic carbocycles. The Morgan fingerprint density at radius 1 is 1.32 bits per heavy atom. The van der Waals surface area contributed by atoms with Crippen LogP contribution >= 0.6 is 11.6 Å². The van der Waals surface area contributed by atoms with E-state index in [0.29, 0.717) is 11.1 Å². The van der Waals surface area contributed by atoms with Gasteiger partial charge in [0, 0.05) is 36.3 Å². The summed E-state index contributed by atoms with van der Waals surface area (Å²) >= 11 is 5.85. The second-order valence-corrected chi connectivity index (χ2v) is 5.81. The highest BCUT2D eigenvalue weighted by atomic mass is 35.5. The van der Waals surface area contributed by atoms with Gasteiger partial charge in [-0.2, -0.15) is 0 Å². The quantitative estimate of drug-likeness (QED) is 0.795. The van der Waals surface area contributed by atoms with Crippen LogP contribution in [0, 0.1) is 0 Å². The van der Waals surface area contributed by atoms with E-state index < -0.39 is 0 Å². The Morgan fingerprint density at radius 3 is 2.53 bits per heavy atom. The molecule has 1 fully saturated rings. The number of Topliss-reactive ketones (excluding diaryl/α,β-unsaturated/α-hetero) is 1. The van der Waals surface area contributed by atoms with Crippen LogP contribution in [0.15, 0.2) is 24.3 Å². The highest BCUT2D eigenvalue weighted by Crippen LogP contribution is 2.16. The van der Waals surface area contributed by atoms with Gasteiger partial charge >= 0.3 is 0 Å². The normalized spacial score (nSPS) is 23.3. The first kappa shape index (κ1) is 14.5. The summed E-state index contributed by atoms with van der Waals surface area (Å²) in [5, 5.41) is 0.664. The molecule has 2 unspecified atom stereocenters. The predicted molar refractivity (Wildman–Crippen MR) is 78.9 cm³/mol. The molecule has 1 aliphatic heterocycles. The van der Waals surface area contributed by atoms with Gasteiger partial charge in [-0.25, -0.2) is 0 Å². The summed E-state index contributed by atoms with van der Waals surface area (Å²) in [6.45, 7) is 7.10. The zero-order valence-electron chi connectivity index (χ0n) is 11.8. The number of nitrogens with zero attached hydrogens (tertiary/aromatic N) is 2. The fourth-order valence-corrected chi connectivity index (χ4v) is 2.58. The van der Waals surface area contributed by atoms with E-state index in [1.807, 2.05) is 6.92 Å². The van der Waals surface area contributed by atoms with Crippen molar-refractivity contribution in [1.82, 2.24) is 9.80 Å². The zero-order chi connectivity index (χ0) is 14.0. The molecule has 0 radical (unpaired) electrons. The molecule has 2 atom stereocenters. The summed E-state index contributed by atoms with van der Waals surface area (Å²) in [7, 11) is 2.13. The Morgan fingerprint density at radius 2 is 1.95 bits per heavy atom. The van der Waals surface area contributed by atoms with Gasteiger partial charge < -0.3 is 4.90 Å². The largest absolute Gasteiger partial charge is 0.301 e. The summed E-state index contributed by atoms with van der Waals surface area (Å²) in [4.78, 5) is 17.0. The van der Waals surface area contributed by atoms with Crippen LogP contribution in [0.1, 0.15) is 24.2 Å². The molecule has 4 heteroatoms. The molecule has 0 saturated carbocycles. The van der Waals surface area contributed by atoms with E-state index in [9.17, 15) is 4.79 Å². The molecule has 1 aromatic rings. The second-order valence-electron chi connectivity index (χ2n) is 5.37. The molecule has 0 spiro atoms. The third-order valence-corrected chi connectivity index (χ3v) is 4.30. The lowest BCUT2D eigenvalue weighted by atomic mass is 10.0. The Labute approximate surface area is 120 Å². The summed E-state index contributed by atoms with van der Waals surface area (Å²) in [6, 6.07) is 7.58. The molecule has 2 rings (SSSR count). The van der Waals surface area contributed by atoms with Gasteiger partial charge in [0.1, 0.15) is 0 Å². The number of ketones is 1. The van der Waals surface area contributed by atoms with Gasteiger partial charge in [0.05, 0.1) is 6.04 Å². The van der Waals surface area contributed by atoms with Crippen molar-refractivity contribution in [3.63, 3.8) is 0 Å². The van der Waals surface area contributed by atoms with Crippen molar-refractivity contribution in [1.29, 1.82) is 0 Å². The van der Waals surface area contributed by atoms with Gasteiger partial charge in [-0.3, -0.25) is 9.69 Å². The smallest absolute Gasteiger partial charge is 0.179 e. The third-order valence-electron chi connectivity index (χ3n) is 4.05. The van der Waals surface area contributed by atoms with Crippen molar-refractivity contribution in [3.05, 3.63) is 34.9 Å². The number of carbonyl (C=O) groups excluding carboxylic acids is 1. The van der Waals surface area contributed by atoms with Crippen molar-refractivity contribution in [2.24, 2.45) is 0 Å². The number of carbonyl (C=O) groups is 1. The first-order valence-corrected chi connectivity index (χ1v) is 7.11. The van der Waals surface area contributed by atoms with E-state index in [1.165, 1.54) is 0 Å². The van der Waals surface area contributed by atoms with Crippen LogP contribution in [0.2, 0.25) is 5.02 Å². The third kappa shape index (κ3) is 3.35. The van der Waals surface area contributed by atoms with Crippen LogP contribution in [-0.2, 0) is 0 Å². The summed E-state index contributed by atoms with van der Waals surface area (Å²) < 4.78 is 0. The molecule has 0 bridgehead atoms. The maximum atomic E-state index is 12.4. The van der Waals surface area contributed by atoms with E-state index in [0.717, 1.165) is 25.2 Å². The highest BCUT2D eigenvalue weighted by molar-refractivity contribution is 6.30. The minimum absolute atomic E-state index is 0.0719. The molecule has 3 nitrogen and oxygen atoms in total. The molecular formula is C15H21ClN2O. The number of hydrogen-bond acceptors (Lipinski definition) is 3. The molecule has 104 valence electrons. The van der Waals surface area contributed by atoms with E-state index in [-0.39, 0.29) is 11.8 Å². The van der Waals surface area contributed by atoms with E-state index in [4.69, 9.17) is 11.6 Å². The molecule has 0 N–H and O–H groups in total. The maximum absolute atomic E-state index is 12.4. The lowest BCUT2D eigenvalue weighted by Gasteiger charge is -2.40. The monoisotopic (exact) mass is 280 g/mol. The van der Waals surface area contributed by atoms with Gasteiger partial charge in [-0.15, -0.1) is 0 Å². The number of benzene rings is 1. The number of rotatable bonds is 3. The minimum atomic E-state index is -0.0719. The lowest BCUT2D eigenvalue weighted by molar-refractivity contribution is 0.0603. The SMILES string of the molecule is CC1CN(C(C)C(=O)c2ccc(Cl)cc2)CCN1C. The van der Waals surface area contributed by atoms with Gasteiger partial charge in [0.25, 0.3) is 0 Å². The van der Waals surface area contributed by atoms with Crippen LogP contribution in [-0.4, -0.2) is 54.3 Å². The van der Waals surface area contributed by atoms with E-state index in [2.05, 4.69) is 23.8 Å². The Kier molecular flexibility index (Phi) is 4.61. The molecular weight excluding hydrogens is 260 g/mol. The number of halogens is 1. The van der Waals surface area contributed by atoms with Crippen LogP contribution < -0.4 is 0 Å². The van der Waals surface area contributed by atoms with E-state index in [1.54, 1.807) is 24.3 Å². The Balaban J connectivity index is 2.05. The van der Waals surface area contributed by atoms with Crippen molar-refractivity contribution in [2.45, 2.75) is 25.9 Å². The molecule has 0 aromatic heterocycles. The molecule has 0 amide bonds. The van der Waals surface area contributed by atoms with Crippen molar-refractivity contribution < 1.29 is 4.79 Å². The number of likely N-dealkylation sites (N-methyl/N-ethyl adjacent to an activating group) is 1. The number of hydrogen-bond donors (Lipinski definition) is 0. The van der Waals surface area contributed by atoms with Crippen molar-refractivity contribution in [2.75, 3.05) is 26.7 Å². The topological polar surface area (TPSA) is 23.6 Å². The standard InChI is InChI=1S/C15H21ClN2O/c1-11-10-18(9-8-17(11)3)12(2)15(19)13-4-6-14(16)7-5-13/h4-7,11-12H,8-10H2,1-3H3. The predicted octanol–water partition coefficient (Wildman–Crippen LogP) is 2.55. The molecule has 19 heavy (non-hydrogen) atoms. The lowest BCUT2D eigenvalue weighted by Crippen LogP contribution is -2.54. The maximum Gasteiger partial charge on any atom is 0.179 e. The fraction of sp³-hybridized carbons (Fsp3) is 0.533. The highest BCUT2D eigenvalue weighted by Gasteiger charge is 2.28. The van der Waals surface area contributed by atoms with Crippen molar-refractivity contribution in [3.8, 4) is 0 Å². The Bertz CT molecular complexity index is 446. The van der Waals surface area contributed by atoms with Gasteiger partial charge in [0.15, 0.2) is 5.78 Å². The zero-order valence-corrected chi connectivity index (χ0v) is 12.5. The van der Waals surface area contributed by atoms with Gasteiger partial charge in [-0.05, 0) is 45.2 Å². The minimum Gasteiger partial charge on any atom is -0.301 e. The summed E-state index contributed by atoms with van der Waals surface area (Å²) in [6.07, 6.45) is 0. The second kappa shape index (κ2) is 6.04. The van der Waals surface area contributed by atoms with Crippen molar-refractivity contribution >= 4 is 17.4 Å². The average molecular weight is 281 g/mol. The summed E-state index contributed by atoms with van der Waals surface area (Å²) in [5.41, 5.74) is 0.739. The molecule has 1 aromatic carbocycles. The molecule has 1 heterocycles. The Hall–Kier alpha value is -0.900. The van der Waals surface area contributed by atoms with Crippen LogP contribution in [0.4, 0.5) is 0 Å².